The number of hydrogen-bond donors (Lipinski definition) is 1. The van der Waals surface area contributed by atoms with E-state index in [0.717, 1.165) is 11.8 Å². The predicted octanol–water partition coefficient (Wildman–Crippen LogP) is 3.54. The van der Waals surface area contributed by atoms with Crippen LogP contribution in [0.25, 0.3) is 0 Å². The summed E-state index contributed by atoms with van der Waals surface area (Å²) in [6, 6.07) is 4.02. The van der Waals surface area contributed by atoms with Gasteiger partial charge in [0.2, 0.25) is 0 Å². The van der Waals surface area contributed by atoms with Gasteiger partial charge in [0.1, 0.15) is 11.5 Å². The summed E-state index contributed by atoms with van der Waals surface area (Å²) in [7, 11) is 1.67. The number of anilines is 1. The molecule has 0 radical (unpaired) electrons. The van der Waals surface area contributed by atoms with Crippen LogP contribution < -0.4 is 5.32 Å². The number of benzene rings is 1. The van der Waals surface area contributed by atoms with Gasteiger partial charge in [-0.1, -0.05) is 11.6 Å². The third-order valence-electron chi connectivity index (χ3n) is 2.48. The van der Waals surface area contributed by atoms with E-state index >= 15 is 0 Å². The SMILES string of the molecule is Cc1cc(C(=O)Nc2c(Cl)cc(F)cc2Br)n(C)n1. The van der Waals surface area contributed by atoms with Crippen molar-refractivity contribution >= 4 is 39.1 Å². The van der Waals surface area contributed by atoms with E-state index in [1.807, 2.05) is 0 Å². The summed E-state index contributed by atoms with van der Waals surface area (Å²) in [5.41, 5.74) is 1.45. The largest absolute Gasteiger partial charge is 0.318 e. The van der Waals surface area contributed by atoms with Crippen LogP contribution in [0.4, 0.5) is 10.1 Å². The normalized spacial score (nSPS) is 10.6. The smallest absolute Gasteiger partial charge is 0.273 e. The van der Waals surface area contributed by atoms with E-state index in [2.05, 4.69) is 26.3 Å². The highest BCUT2D eigenvalue weighted by Gasteiger charge is 2.16. The van der Waals surface area contributed by atoms with E-state index < -0.39 is 5.82 Å². The molecule has 1 amide bonds. The van der Waals surface area contributed by atoms with Gasteiger partial charge in [-0.2, -0.15) is 5.10 Å². The van der Waals surface area contributed by atoms with Gasteiger partial charge in [-0.05, 0) is 41.1 Å². The second-order valence-corrected chi connectivity index (χ2v) is 5.25. The molecule has 0 atom stereocenters. The molecule has 0 bridgehead atoms. The van der Waals surface area contributed by atoms with Gasteiger partial charge >= 0.3 is 0 Å². The number of halogens is 3. The summed E-state index contributed by atoms with van der Waals surface area (Å²) >= 11 is 9.07. The molecule has 1 aromatic carbocycles. The van der Waals surface area contributed by atoms with Crippen LogP contribution in [0.1, 0.15) is 16.2 Å². The van der Waals surface area contributed by atoms with Gasteiger partial charge in [-0.3, -0.25) is 9.48 Å². The lowest BCUT2D eigenvalue weighted by molar-refractivity contribution is 0.101. The van der Waals surface area contributed by atoms with E-state index in [1.54, 1.807) is 20.0 Å². The summed E-state index contributed by atoms with van der Waals surface area (Å²) < 4.78 is 14.9. The number of amides is 1. The molecule has 4 nitrogen and oxygen atoms in total. The minimum Gasteiger partial charge on any atom is -0.318 e. The fourth-order valence-electron chi connectivity index (χ4n) is 1.66. The maximum Gasteiger partial charge on any atom is 0.273 e. The molecular weight excluding hydrogens is 337 g/mol. The zero-order valence-electron chi connectivity index (χ0n) is 10.2. The van der Waals surface area contributed by atoms with E-state index in [1.165, 1.54) is 10.7 Å². The van der Waals surface area contributed by atoms with Crippen molar-refractivity contribution in [2.45, 2.75) is 6.92 Å². The van der Waals surface area contributed by atoms with E-state index in [4.69, 9.17) is 11.6 Å². The number of carbonyl (C=O) groups is 1. The standard InChI is InChI=1S/C12H10BrClFN3O/c1-6-3-10(18(2)17-6)12(19)16-11-8(13)4-7(15)5-9(11)14/h3-5H,1-2H3,(H,16,19). The highest BCUT2D eigenvalue weighted by Crippen LogP contribution is 2.32. The quantitative estimate of drug-likeness (QED) is 0.904. The Morgan fingerprint density at radius 1 is 1.47 bits per heavy atom. The minimum absolute atomic E-state index is 0.124. The van der Waals surface area contributed by atoms with Crippen LogP contribution in [0.15, 0.2) is 22.7 Å². The predicted molar refractivity (Wildman–Crippen MR) is 75.0 cm³/mol. The molecule has 7 heteroatoms. The molecule has 0 fully saturated rings. The number of nitrogens with one attached hydrogen (secondary N) is 1. The summed E-state index contributed by atoms with van der Waals surface area (Å²) in [6.45, 7) is 1.79. The van der Waals surface area contributed by atoms with Crippen molar-refractivity contribution in [3.05, 3.63) is 44.9 Å². The molecule has 19 heavy (non-hydrogen) atoms. The van der Waals surface area contributed by atoms with Crippen LogP contribution in [0, 0.1) is 12.7 Å². The average molecular weight is 347 g/mol. The fourth-order valence-corrected chi connectivity index (χ4v) is 2.56. The number of nitrogens with zero attached hydrogens (tertiary/aromatic N) is 2. The zero-order valence-corrected chi connectivity index (χ0v) is 12.5. The van der Waals surface area contributed by atoms with Crippen molar-refractivity contribution in [3.63, 3.8) is 0 Å². The number of aryl methyl sites for hydroxylation is 2. The van der Waals surface area contributed by atoms with E-state index in [0.29, 0.717) is 15.9 Å². The van der Waals surface area contributed by atoms with Crippen LogP contribution >= 0.6 is 27.5 Å². The molecule has 2 aromatic rings. The summed E-state index contributed by atoms with van der Waals surface area (Å²) in [5, 5.41) is 6.84. The summed E-state index contributed by atoms with van der Waals surface area (Å²) in [6.07, 6.45) is 0. The van der Waals surface area contributed by atoms with Crippen molar-refractivity contribution in [1.29, 1.82) is 0 Å². The Morgan fingerprint density at radius 3 is 2.68 bits per heavy atom. The molecule has 0 saturated carbocycles. The van der Waals surface area contributed by atoms with Crippen molar-refractivity contribution in [2.24, 2.45) is 7.05 Å². The molecule has 0 saturated heterocycles. The molecule has 1 N–H and O–H groups in total. The second-order valence-electron chi connectivity index (χ2n) is 3.99. The molecular formula is C12H10BrClFN3O. The van der Waals surface area contributed by atoms with Gasteiger partial charge in [-0.15, -0.1) is 0 Å². The Labute approximate surface area is 122 Å². The first kappa shape index (κ1) is 14.0. The topological polar surface area (TPSA) is 46.9 Å². The van der Waals surface area contributed by atoms with Crippen LogP contribution in [0.2, 0.25) is 5.02 Å². The van der Waals surface area contributed by atoms with Gasteiger partial charge < -0.3 is 5.32 Å². The van der Waals surface area contributed by atoms with Crippen LogP contribution in [0.3, 0.4) is 0 Å². The molecule has 0 aliphatic rings. The second kappa shape index (κ2) is 5.30. The fraction of sp³-hybridized carbons (Fsp3) is 0.167. The molecule has 100 valence electrons. The highest BCUT2D eigenvalue weighted by atomic mass is 79.9. The van der Waals surface area contributed by atoms with Gasteiger partial charge in [0, 0.05) is 11.5 Å². The molecule has 1 aromatic heterocycles. The van der Waals surface area contributed by atoms with Crippen LogP contribution in [-0.2, 0) is 7.05 Å². The maximum atomic E-state index is 13.1. The Balaban J connectivity index is 2.32. The Hall–Kier alpha value is -1.40. The lowest BCUT2D eigenvalue weighted by Gasteiger charge is -2.09. The first-order valence-corrected chi connectivity index (χ1v) is 6.52. The average Bonchev–Trinajstić information content (AvgIpc) is 2.62. The van der Waals surface area contributed by atoms with Crippen molar-refractivity contribution in [3.8, 4) is 0 Å². The Bertz CT molecular complexity index is 633. The third-order valence-corrected chi connectivity index (χ3v) is 3.40. The van der Waals surface area contributed by atoms with Gasteiger partial charge in [0.25, 0.3) is 5.91 Å². The molecule has 1 heterocycles. The van der Waals surface area contributed by atoms with Crippen LogP contribution in [-0.4, -0.2) is 15.7 Å². The summed E-state index contributed by atoms with van der Waals surface area (Å²) in [5.74, 6) is -0.844. The highest BCUT2D eigenvalue weighted by molar-refractivity contribution is 9.10. The lowest BCUT2D eigenvalue weighted by Crippen LogP contribution is -2.16. The number of aromatic nitrogens is 2. The Kier molecular flexibility index (Phi) is 3.91. The van der Waals surface area contributed by atoms with Gasteiger partial charge in [0.05, 0.1) is 16.4 Å². The summed E-state index contributed by atoms with van der Waals surface area (Å²) in [4.78, 5) is 12.1. The van der Waals surface area contributed by atoms with Crippen molar-refractivity contribution in [1.82, 2.24) is 9.78 Å². The van der Waals surface area contributed by atoms with Gasteiger partial charge in [-0.25, -0.2) is 4.39 Å². The first-order chi connectivity index (χ1) is 8.88. The molecule has 2 rings (SSSR count). The van der Waals surface area contributed by atoms with Gasteiger partial charge in [0.15, 0.2) is 0 Å². The maximum absolute atomic E-state index is 13.1. The number of carbonyl (C=O) groups excluding carboxylic acids is 1. The van der Waals surface area contributed by atoms with E-state index in [-0.39, 0.29) is 10.9 Å². The molecule has 0 aliphatic carbocycles. The molecule has 0 spiro atoms. The van der Waals surface area contributed by atoms with Crippen molar-refractivity contribution in [2.75, 3.05) is 5.32 Å². The molecule has 0 unspecified atom stereocenters. The Morgan fingerprint density at radius 2 is 2.16 bits per heavy atom. The van der Waals surface area contributed by atoms with Crippen molar-refractivity contribution < 1.29 is 9.18 Å². The zero-order chi connectivity index (χ0) is 14.2. The monoisotopic (exact) mass is 345 g/mol. The number of rotatable bonds is 2. The first-order valence-electron chi connectivity index (χ1n) is 5.35. The number of hydrogen-bond acceptors (Lipinski definition) is 2. The third kappa shape index (κ3) is 2.96. The minimum atomic E-state index is -0.480. The lowest BCUT2D eigenvalue weighted by atomic mass is 10.3. The molecule has 0 aliphatic heterocycles. The van der Waals surface area contributed by atoms with Crippen LogP contribution in [0.5, 0.6) is 0 Å². The van der Waals surface area contributed by atoms with E-state index in [9.17, 15) is 9.18 Å².